The van der Waals surface area contributed by atoms with Gasteiger partial charge in [0.15, 0.2) is 11.5 Å². The van der Waals surface area contributed by atoms with E-state index < -0.39 is 0 Å². The van der Waals surface area contributed by atoms with Crippen molar-refractivity contribution in [1.82, 2.24) is 5.32 Å². The highest BCUT2D eigenvalue weighted by atomic mass is 16.5. The van der Waals surface area contributed by atoms with Gasteiger partial charge in [-0.1, -0.05) is 6.07 Å². The van der Waals surface area contributed by atoms with Crippen LogP contribution in [0.15, 0.2) is 18.2 Å². The second-order valence-corrected chi connectivity index (χ2v) is 7.53. The summed E-state index contributed by atoms with van der Waals surface area (Å²) in [5.41, 5.74) is 1.17. The zero-order valence-electron chi connectivity index (χ0n) is 16.7. The molecular weight excluding hydrogens is 358 g/mol. The van der Waals surface area contributed by atoms with Crippen LogP contribution in [0.1, 0.15) is 69.8 Å². The second-order valence-electron chi connectivity index (χ2n) is 7.53. The number of amides is 1. The van der Waals surface area contributed by atoms with Crippen LogP contribution in [0.4, 0.5) is 0 Å². The van der Waals surface area contributed by atoms with E-state index in [9.17, 15) is 9.59 Å². The first-order valence-electron chi connectivity index (χ1n) is 10.5. The smallest absolute Gasteiger partial charge is 0.305 e. The summed E-state index contributed by atoms with van der Waals surface area (Å²) in [6, 6.07) is 6.09. The largest absolute Gasteiger partial charge is 0.490 e. The Bertz CT molecular complexity index is 659. The van der Waals surface area contributed by atoms with Gasteiger partial charge in [-0.15, -0.1) is 0 Å². The minimum absolute atomic E-state index is 0.125. The molecule has 154 valence electrons. The van der Waals surface area contributed by atoms with Crippen molar-refractivity contribution in [2.75, 3.05) is 19.8 Å². The first kappa shape index (κ1) is 20.5. The summed E-state index contributed by atoms with van der Waals surface area (Å²) in [7, 11) is 0. The molecule has 0 unspecified atom stereocenters. The van der Waals surface area contributed by atoms with Crippen molar-refractivity contribution in [2.45, 2.75) is 70.3 Å². The summed E-state index contributed by atoms with van der Waals surface area (Å²) in [6.07, 6.45) is 7.18. The van der Waals surface area contributed by atoms with Gasteiger partial charge < -0.3 is 19.5 Å². The summed E-state index contributed by atoms with van der Waals surface area (Å²) in [6.45, 7) is 3.32. The van der Waals surface area contributed by atoms with Crippen molar-refractivity contribution in [3.8, 4) is 11.5 Å². The molecule has 6 nitrogen and oxygen atoms in total. The molecule has 1 aromatic carbocycles. The van der Waals surface area contributed by atoms with Crippen molar-refractivity contribution >= 4 is 11.9 Å². The van der Waals surface area contributed by atoms with Crippen molar-refractivity contribution in [1.29, 1.82) is 0 Å². The Kier molecular flexibility index (Phi) is 7.57. The van der Waals surface area contributed by atoms with Gasteiger partial charge in [-0.2, -0.15) is 0 Å². The molecule has 3 rings (SSSR count). The number of carbonyl (C=O) groups is 2. The second kappa shape index (κ2) is 10.3. The van der Waals surface area contributed by atoms with E-state index in [1.807, 2.05) is 6.07 Å². The minimum atomic E-state index is -0.191. The molecule has 6 heteroatoms. The third-order valence-corrected chi connectivity index (χ3v) is 5.39. The fourth-order valence-electron chi connectivity index (χ4n) is 3.82. The van der Waals surface area contributed by atoms with Crippen LogP contribution in [0.25, 0.3) is 0 Å². The molecule has 2 fully saturated rings. The zero-order valence-corrected chi connectivity index (χ0v) is 16.7. The lowest BCUT2D eigenvalue weighted by Crippen LogP contribution is -2.33. The highest BCUT2D eigenvalue weighted by molar-refractivity contribution is 5.77. The molecule has 1 atom stereocenters. The van der Waals surface area contributed by atoms with Crippen LogP contribution in [-0.2, 0) is 14.3 Å². The standard InChI is InChI=1S/C22H31NO5/c1-2-26-22(25)8-5-13-27-19-11-9-16(17-10-12-21(24)23-15-17)14-20(19)28-18-6-3-4-7-18/h9,11,14,17-18H,2-8,10,12-13,15H2,1H3,(H,23,24)/t17-/m1/s1. The molecule has 0 spiro atoms. The zero-order chi connectivity index (χ0) is 19.8. The third kappa shape index (κ3) is 5.88. The molecule has 1 saturated heterocycles. The molecule has 1 aliphatic carbocycles. The highest BCUT2D eigenvalue weighted by Crippen LogP contribution is 2.36. The average molecular weight is 389 g/mol. The first-order valence-corrected chi connectivity index (χ1v) is 10.5. The number of nitrogens with one attached hydrogen (secondary N) is 1. The summed E-state index contributed by atoms with van der Waals surface area (Å²) < 4.78 is 17.2. The molecule has 1 N–H and O–H groups in total. The Morgan fingerprint density at radius 3 is 2.71 bits per heavy atom. The molecule has 2 aliphatic rings. The van der Waals surface area contributed by atoms with E-state index in [1.54, 1.807) is 6.92 Å². The van der Waals surface area contributed by atoms with Gasteiger partial charge in [0.1, 0.15) is 0 Å². The topological polar surface area (TPSA) is 73.9 Å². The third-order valence-electron chi connectivity index (χ3n) is 5.39. The van der Waals surface area contributed by atoms with Gasteiger partial charge in [-0.3, -0.25) is 9.59 Å². The van der Waals surface area contributed by atoms with Gasteiger partial charge in [0.2, 0.25) is 5.91 Å². The van der Waals surface area contributed by atoms with E-state index >= 15 is 0 Å². The predicted octanol–water partition coefficient (Wildman–Crippen LogP) is 3.72. The fraction of sp³-hybridized carbons (Fsp3) is 0.636. The van der Waals surface area contributed by atoms with Gasteiger partial charge in [0, 0.05) is 25.3 Å². The number of hydrogen-bond donors (Lipinski definition) is 1. The number of carbonyl (C=O) groups excluding carboxylic acids is 2. The molecule has 1 aromatic rings. The maximum atomic E-state index is 11.5. The Hall–Kier alpha value is -2.24. The molecule has 1 saturated carbocycles. The highest BCUT2D eigenvalue weighted by Gasteiger charge is 2.23. The minimum Gasteiger partial charge on any atom is -0.490 e. The van der Waals surface area contributed by atoms with Crippen LogP contribution in [0.5, 0.6) is 11.5 Å². The average Bonchev–Trinajstić information content (AvgIpc) is 3.20. The number of hydrogen-bond acceptors (Lipinski definition) is 5. The van der Waals surface area contributed by atoms with E-state index in [0.29, 0.717) is 44.9 Å². The van der Waals surface area contributed by atoms with Crippen LogP contribution >= 0.6 is 0 Å². The maximum absolute atomic E-state index is 11.5. The van der Waals surface area contributed by atoms with E-state index in [-0.39, 0.29) is 18.0 Å². The summed E-state index contributed by atoms with van der Waals surface area (Å²) >= 11 is 0. The molecule has 0 bridgehead atoms. The summed E-state index contributed by atoms with van der Waals surface area (Å²) in [5, 5.41) is 2.95. The Morgan fingerprint density at radius 1 is 1.18 bits per heavy atom. The van der Waals surface area contributed by atoms with Gasteiger partial charge in [-0.05, 0) is 63.1 Å². The van der Waals surface area contributed by atoms with Crippen molar-refractivity contribution in [3.05, 3.63) is 23.8 Å². The molecule has 28 heavy (non-hydrogen) atoms. The number of piperidine rings is 1. The molecule has 1 aliphatic heterocycles. The number of ether oxygens (including phenoxy) is 3. The SMILES string of the molecule is CCOC(=O)CCCOc1ccc([C@@H]2CCC(=O)NC2)cc1OC1CCCC1. The maximum Gasteiger partial charge on any atom is 0.305 e. The number of benzene rings is 1. The van der Waals surface area contributed by atoms with Crippen LogP contribution in [0.2, 0.25) is 0 Å². The van der Waals surface area contributed by atoms with Crippen molar-refractivity contribution < 1.29 is 23.8 Å². The Balaban J connectivity index is 1.63. The lowest BCUT2D eigenvalue weighted by atomic mass is 9.91. The van der Waals surface area contributed by atoms with E-state index in [4.69, 9.17) is 14.2 Å². The normalized spacial score (nSPS) is 19.9. The molecule has 0 radical (unpaired) electrons. The van der Waals surface area contributed by atoms with Gasteiger partial charge in [-0.25, -0.2) is 0 Å². The van der Waals surface area contributed by atoms with Gasteiger partial charge in [0.05, 0.1) is 19.3 Å². The Morgan fingerprint density at radius 2 is 2.00 bits per heavy atom. The van der Waals surface area contributed by atoms with Crippen LogP contribution in [-0.4, -0.2) is 37.7 Å². The predicted molar refractivity (Wildman–Crippen MR) is 106 cm³/mol. The molecule has 1 amide bonds. The number of esters is 1. The monoisotopic (exact) mass is 389 g/mol. The molecular formula is C22H31NO5. The van der Waals surface area contributed by atoms with Crippen LogP contribution < -0.4 is 14.8 Å². The van der Waals surface area contributed by atoms with E-state index in [2.05, 4.69) is 17.4 Å². The molecule has 0 aromatic heterocycles. The Labute approximate surface area is 166 Å². The van der Waals surface area contributed by atoms with Crippen molar-refractivity contribution in [2.24, 2.45) is 0 Å². The lowest BCUT2D eigenvalue weighted by molar-refractivity contribution is -0.143. The van der Waals surface area contributed by atoms with Crippen LogP contribution in [0.3, 0.4) is 0 Å². The van der Waals surface area contributed by atoms with E-state index in [0.717, 1.165) is 30.8 Å². The molecule has 1 heterocycles. The van der Waals surface area contributed by atoms with E-state index in [1.165, 1.54) is 18.4 Å². The van der Waals surface area contributed by atoms with Crippen LogP contribution in [0, 0.1) is 0 Å². The first-order chi connectivity index (χ1) is 13.7. The number of rotatable bonds is 9. The van der Waals surface area contributed by atoms with Crippen molar-refractivity contribution in [3.63, 3.8) is 0 Å². The quantitative estimate of drug-likeness (QED) is 0.515. The lowest BCUT2D eigenvalue weighted by Gasteiger charge is -2.24. The van der Waals surface area contributed by atoms with Gasteiger partial charge in [0.25, 0.3) is 0 Å². The summed E-state index contributed by atoms with van der Waals surface area (Å²) in [4.78, 5) is 22.9. The fourth-order valence-corrected chi connectivity index (χ4v) is 3.82. The summed E-state index contributed by atoms with van der Waals surface area (Å²) in [5.74, 6) is 1.74. The van der Waals surface area contributed by atoms with Gasteiger partial charge >= 0.3 is 5.97 Å².